The third-order valence-corrected chi connectivity index (χ3v) is 3.44. The molecule has 0 aliphatic heterocycles. The van der Waals surface area contributed by atoms with E-state index in [1.807, 2.05) is 49.4 Å². The number of rotatable bonds is 3. The summed E-state index contributed by atoms with van der Waals surface area (Å²) in [6.07, 6.45) is 8.83. The molecule has 0 fully saturated rings. The molecule has 0 amide bonds. The van der Waals surface area contributed by atoms with Crippen molar-refractivity contribution in [3.63, 3.8) is 0 Å². The van der Waals surface area contributed by atoms with Gasteiger partial charge in [0.25, 0.3) is 0 Å². The molecule has 0 spiro atoms. The number of aromatic amines is 1. The van der Waals surface area contributed by atoms with Crippen molar-refractivity contribution >= 4 is 16.5 Å². The van der Waals surface area contributed by atoms with Crippen LogP contribution in [-0.4, -0.2) is 11.6 Å². The maximum atomic E-state index is 12.2. The van der Waals surface area contributed by atoms with Crippen LogP contribution in [0.2, 0.25) is 0 Å². The van der Waals surface area contributed by atoms with Gasteiger partial charge in [-0.2, -0.15) is 0 Å². The monoisotopic (exact) mass is 279 g/mol. The van der Waals surface area contributed by atoms with Gasteiger partial charge in [-0.15, -0.1) is 0 Å². The summed E-state index contributed by atoms with van der Waals surface area (Å²) in [5.74, 6) is 0.867. The number of benzene rings is 1. The zero-order chi connectivity index (χ0) is 14.7. The number of aromatic nitrogens is 1. The molecule has 0 atom stereocenters. The fourth-order valence-electron chi connectivity index (χ4n) is 2.44. The minimum Gasteiger partial charge on any atom is -0.494 e. The van der Waals surface area contributed by atoms with E-state index in [4.69, 9.17) is 4.74 Å². The van der Waals surface area contributed by atoms with Gasteiger partial charge in [-0.25, -0.2) is 0 Å². The molecule has 2 aromatic rings. The lowest BCUT2D eigenvalue weighted by Crippen LogP contribution is -2.04. The van der Waals surface area contributed by atoms with Gasteiger partial charge in [0.15, 0.2) is 5.43 Å². The lowest BCUT2D eigenvalue weighted by atomic mass is 10.1. The van der Waals surface area contributed by atoms with Crippen LogP contribution in [0.15, 0.2) is 65.2 Å². The SMILES string of the molecule is CCOC1=CCC=C(c2cc(=O)c3ccccc3[nH]2)C=C1. The smallest absolute Gasteiger partial charge is 0.190 e. The van der Waals surface area contributed by atoms with Gasteiger partial charge in [-0.1, -0.05) is 18.2 Å². The maximum Gasteiger partial charge on any atom is 0.190 e. The number of H-pyrrole nitrogens is 1. The van der Waals surface area contributed by atoms with E-state index >= 15 is 0 Å². The van der Waals surface area contributed by atoms with Gasteiger partial charge in [0.1, 0.15) is 5.76 Å². The van der Waals surface area contributed by atoms with Crippen molar-refractivity contribution in [2.75, 3.05) is 6.61 Å². The highest BCUT2D eigenvalue weighted by Crippen LogP contribution is 2.20. The Hall–Kier alpha value is -2.55. The zero-order valence-corrected chi connectivity index (χ0v) is 11.9. The summed E-state index contributed by atoms with van der Waals surface area (Å²) in [5.41, 5.74) is 2.73. The molecular formula is C18H17NO2. The van der Waals surface area contributed by atoms with Crippen LogP contribution in [0.25, 0.3) is 16.5 Å². The summed E-state index contributed by atoms with van der Waals surface area (Å²) in [4.78, 5) is 15.5. The molecule has 3 rings (SSSR count). The first kappa shape index (κ1) is 13.4. The van der Waals surface area contributed by atoms with E-state index in [0.29, 0.717) is 12.0 Å². The Morgan fingerprint density at radius 3 is 2.90 bits per heavy atom. The van der Waals surface area contributed by atoms with Crippen LogP contribution < -0.4 is 5.43 Å². The Balaban J connectivity index is 2.00. The van der Waals surface area contributed by atoms with E-state index in [2.05, 4.69) is 11.1 Å². The summed E-state index contributed by atoms with van der Waals surface area (Å²) < 4.78 is 5.51. The highest BCUT2D eigenvalue weighted by atomic mass is 16.5. The first-order chi connectivity index (χ1) is 10.3. The van der Waals surface area contributed by atoms with Crippen LogP contribution in [0, 0.1) is 0 Å². The van der Waals surface area contributed by atoms with Crippen molar-refractivity contribution in [2.24, 2.45) is 0 Å². The molecule has 3 heteroatoms. The van der Waals surface area contributed by atoms with Gasteiger partial charge in [0, 0.05) is 22.7 Å². The molecule has 0 bridgehead atoms. The van der Waals surface area contributed by atoms with Crippen molar-refractivity contribution < 1.29 is 4.74 Å². The second kappa shape index (κ2) is 5.83. The lowest BCUT2D eigenvalue weighted by molar-refractivity contribution is 0.242. The van der Waals surface area contributed by atoms with Crippen LogP contribution in [0.1, 0.15) is 19.0 Å². The zero-order valence-electron chi connectivity index (χ0n) is 11.9. The quantitative estimate of drug-likeness (QED) is 0.928. The largest absolute Gasteiger partial charge is 0.494 e. The van der Waals surface area contributed by atoms with E-state index in [9.17, 15) is 4.79 Å². The number of pyridine rings is 1. The Kier molecular flexibility index (Phi) is 3.73. The molecule has 0 saturated carbocycles. The van der Waals surface area contributed by atoms with E-state index < -0.39 is 0 Å². The summed E-state index contributed by atoms with van der Waals surface area (Å²) in [6.45, 7) is 2.62. The van der Waals surface area contributed by atoms with Crippen molar-refractivity contribution in [3.8, 4) is 0 Å². The molecule has 1 N–H and O–H groups in total. The Morgan fingerprint density at radius 2 is 2.05 bits per heavy atom. The minimum absolute atomic E-state index is 0.0379. The van der Waals surface area contributed by atoms with E-state index in [1.165, 1.54) is 0 Å². The average molecular weight is 279 g/mol. The Morgan fingerprint density at radius 1 is 1.19 bits per heavy atom. The highest BCUT2D eigenvalue weighted by Gasteiger charge is 2.06. The first-order valence-electron chi connectivity index (χ1n) is 7.11. The summed E-state index contributed by atoms with van der Waals surface area (Å²) in [5, 5.41) is 0.715. The standard InChI is InChI=1S/C18H17NO2/c1-2-21-14-7-5-6-13(10-11-14)17-12-18(20)15-8-3-4-9-16(15)19-17/h3-4,6-12H,2,5H2,1H3,(H,19,20). The third kappa shape index (κ3) is 2.82. The summed E-state index contributed by atoms with van der Waals surface area (Å²) in [7, 11) is 0. The van der Waals surface area contributed by atoms with E-state index in [-0.39, 0.29) is 5.43 Å². The molecule has 1 aromatic carbocycles. The van der Waals surface area contributed by atoms with E-state index in [0.717, 1.165) is 29.0 Å². The second-order valence-electron chi connectivity index (χ2n) is 4.86. The second-order valence-corrected chi connectivity index (χ2v) is 4.86. The van der Waals surface area contributed by atoms with Gasteiger partial charge < -0.3 is 9.72 Å². The third-order valence-electron chi connectivity index (χ3n) is 3.44. The van der Waals surface area contributed by atoms with Crippen LogP contribution in [0.4, 0.5) is 0 Å². The normalized spacial score (nSPS) is 14.5. The van der Waals surface area contributed by atoms with E-state index in [1.54, 1.807) is 6.07 Å². The summed E-state index contributed by atoms with van der Waals surface area (Å²) in [6, 6.07) is 9.22. The number of ether oxygens (including phenoxy) is 1. The van der Waals surface area contributed by atoms with Crippen molar-refractivity contribution in [2.45, 2.75) is 13.3 Å². The number of nitrogens with one attached hydrogen (secondary N) is 1. The molecular weight excluding hydrogens is 262 g/mol. The predicted molar refractivity (Wildman–Crippen MR) is 86.0 cm³/mol. The van der Waals surface area contributed by atoms with Gasteiger partial charge >= 0.3 is 0 Å². The molecule has 21 heavy (non-hydrogen) atoms. The van der Waals surface area contributed by atoms with Gasteiger partial charge in [0.2, 0.25) is 0 Å². The molecule has 1 aliphatic carbocycles. The molecule has 0 radical (unpaired) electrons. The molecule has 0 saturated heterocycles. The number of hydrogen-bond donors (Lipinski definition) is 1. The van der Waals surface area contributed by atoms with Crippen molar-refractivity contribution in [3.05, 3.63) is 76.3 Å². The molecule has 3 nitrogen and oxygen atoms in total. The van der Waals surface area contributed by atoms with Crippen LogP contribution >= 0.6 is 0 Å². The number of allylic oxidation sites excluding steroid dienone is 5. The van der Waals surface area contributed by atoms with Gasteiger partial charge in [-0.3, -0.25) is 4.79 Å². The topological polar surface area (TPSA) is 42.1 Å². The number of fused-ring (bicyclic) bond motifs is 1. The lowest BCUT2D eigenvalue weighted by Gasteiger charge is -2.05. The maximum absolute atomic E-state index is 12.2. The molecule has 0 unspecified atom stereocenters. The first-order valence-corrected chi connectivity index (χ1v) is 7.11. The van der Waals surface area contributed by atoms with Crippen LogP contribution in [0.5, 0.6) is 0 Å². The fourth-order valence-corrected chi connectivity index (χ4v) is 2.44. The molecule has 1 heterocycles. The highest BCUT2D eigenvalue weighted by molar-refractivity contribution is 5.82. The minimum atomic E-state index is 0.0379. The fraction of sp³-hybridized carbons (Fsp3) is 0.167. The Bertz CT molecular complexity index is 809. The van der Waals surface area contributed by atoms with Gasteiger partial charge in [0.05, 0.1) is 6.61 Å². The predicted octanol–water partition coefficient (Wildman–Crippen LogP) is 3.79. The van der Waals surface area contributed by atoms with Crippen LogP contribution in [0.3, 0.4) is 0 Å². The number of hydrogen-bond acceptors (Lipinski definition) is 2. The average Bonchev–Trinajstić information content (AvgIpc) is 2.73. The molecule has 1 aliphatic rings. The Labute approximate surface area is 123 Å². The van der Waals surface area contributed by atoms with Crippen molar-refractivity contribution in [1.29, 1.82) is 0 Å². The molecule has 1 aromatic heterocycles. The van der Waals surface area contributed by atoms with Crippen LogP contribution in [-0.2, 0) is 4.74 Å². The number of para-hydroxylation sites is 1. The molecule has 106 valence electrons. The summed E-state index contributed by atoms with van der Waals surface area (Å²) >= 11 is 0. The van der Waals surface area contributed by atoms with Crippen molar-refractivity contribution in [1.82, 2.24) is 4.98 Å². The van der Waals surface area contributed by atoms with Gasteiger partial charge in [-0.05, 0) is 49.3 Å².